The fourth-order valence-electron chi connectivity index (χ4n) is 1.20. The third kappa shape index (κ3) is 2.12. The Balaban J connectivity index is 3.32. The van der Waals surface area contributed by atoms with Crippen molar-refractivity contribution in [1.29, 1.82) is 0 Å². The van der Waals surface area contributed by atoms with Crippen molar-refractivity contribution >= 4 is 21.9 Å². The number of hydrogen-bond donors (Lipinski definition) is 0. The van der Waals surface area contributed by atoms with Crippen LogP contribution in [0.25, 0.3) is 0 Å². The van der Waals surface area contributed by atoms with E-state index in [1.807, 2.05) is 0 Å². The van der Waals surface area contributed by atoms with E-state index < -0.39 is 5.97 Å². The van der Waals surface area contributed by atoms with E-state index in [0.29, 0.717) is 16.5 Å². The standard InChI is InChI=1S/C10H10BrFO2/c1-6-3-7(10(13)14-2)8(5-11)9(12)4-6/h3-4H,5H2,1-2H3. The van der Waals surface area contributed by atoms with Gasteiger partial charge in [0.25, 0.3) is 0 Å². The van der Waals surface area contributed by atoms with Crippen LogP contribution in [0.15, 0.2) is 12.1 Å². The van der Waals surface area contributed by atoms with Gasteiger partial charge in [0, 0.05) is 10.9 Å². The van der Waals surface area contributed by atoms with Gasteiger partial charge in [0.05, 0.1) is 12.7 Å². The molecule has 1 aromatic rings. The second-order valence-electron chi connectivity index (χ2n) is 2.90. The number of rotatable bonds is 2. The maximum Gasteiger partial charge on any atom is 0.338 e. The van der Waals surface area contributed by atoms with Crippen LogP contribution in [-0.4, -0.2) is 13.1 Å². The Hall–Kier alpha value is -0.900. The Morgan fingerprint density at radius 2 is 2.21 bits per heavy atom. The first-order valence-electron chi connectivity index (χ1n) is 4.03. The summed E-state index contributed by atoms with van der Waals surface area (Å²) in [7, 11) is 1.28. The number of benzene rings is 1. The van der Waals surface area contributed by atoms with Gasteiger partial charge in [0.15, 0.2) is 0 Å². The van der Waals surface area contributed by atoms with Crippen LogP contribution < -0.4 is 0 Å². The van der Waals surface area contributed by atoms with Gasteiger partial charge in [-0.25, -0.2) is 9.18 Å². The van der Waals surface area contributed by atoms with Crippen molar-refractivity contribution in [2.75, 3.05) is 7.11 Å². The zero-order valence-corrected chi connectivity index (χ0v) is 9.52. The highest BCUT2D eigenvalue weighted by Crippen LogP contribution is 2.19. The summed E-state index contributed by atoms with van der Waals surface area (Å²) in [5.41, 5.74) is 1.32. The summed E-state index contributed by atoms with van der Waals surface area (Å²) >= 11 is 3.13. The van der Waals surface area contributed by atoms with Crippen LogP contribution in [0, 0.1) is 12.7 Å². The molecule has 0 saturated heterocycles. The van der Waals surface area contributed by atoms with Gasteiger partial charge >= 0.3 is 5.97 Å². The third-order valence-corrected chi connectivity index (χ3v) is 2.44. The molecule has 0 aliphatic carbocycles. The van der Waals surface area contributed by atoms with Crippen LogP contribution in [0.5, 0.6) is 0 Å². The van der Waals surface area contributed by atoms with Gasteiger partial charge in [-0.2, -0.15) is 0 Å². The molecule has 0 aliphatic heterocycles. The first-order chi connectivity index (χ1) is 6.60. The Kier molecular flexibility index (Phi) is 3.63. The van der Waals surface area contributed by atoms with Crippen LogP contribution in [0.2, 0.25) is 0 Å². The summed E-state index contributed by atoms with van der Waals surface area (Å²) in [5, 5.41) is 0.295. The minimum atomic E-state index is -0.512. The highest BCUT2D eigenvalue weighted by Gasteiger charge is 2.15. The number of hydrogen-bond acceptors (Lipinski definition) is 2. The first kappa shape index (κ1) is 11.2. The largest absolute Gasteiger partial charge is 0.465 e. The lowest BCUT2D eigenvalue weighted by Crippen LogP contribution is -2.07. The van der Waals surface area contributed by atoms with Crippen LogP contribution in [0.1, 0.15) is 21.5 Å². The van der Waals surface area contributed by atoms with E-state index in [2.05, 4.69) is 20.7 Å². The number of methoxy groups -OCH3 is 1. The van der Waals surface area contributed by atoms with Crippen molar-refractivity contribution in [2.45, 2.75) is 12.3 Å². The van der Waals surface area contributed by atoms with Crippen molar-refractivity contribution in [3.8, 4) is 0 Å². The summed E-state index contributed by atoms with van der Waals surface area (Å²) in [5.74, 6) is -0.899. The minimum absolute atomic E-state index is 0.280. The lowest BCUT2D eigenvalue weighted by atomic mass is 10.1. The van der Waals surface area contributed by atoms with Crippen LogP contribution in [-0.2, 0) is 10.1 Å². The molecule has 0 N–H and O–H groups in total. The van der Waals surface area contributed by atoms with Gasteiger partial charge in [-0.3, -0.25) is 0 Å². The van der Waals surface area contributed by atoms with Gasteiger partial charge in [0.2, 0.25) is 0 Å². The molecular formula is C10H10BrFO2. The topological polar surface area (TPSA) is 26.3 Å². The number of carbonyl (C=O) groups excluding carboxylic acids is 1. The fraction of sp³-hybridized carbons (Fsp3) is 0.300. The molecular weight excluding hydrogens is 251 g/mol. The Bertz CT molecular complexity index is 363. The molecule has 14 heavy (non-hydrogen) atoms. The second kappa shape index (κ2) is 4.55. The SMILES string of the molecule is COC(=O)c1cc(C)cc(F)c1CBr. The molecule has 0 unspecified atom stereocenters. The van der Waals surface area contributed by atoms with E-state index in [1.165, 1.54) is 13.2 Å². The summed E-state index contributed by atoms with van der Waals surface area (Å²) in [6.07, 6.45) is 0. The number of alkyl halides is 1. The summed E-state index contributed by atoms with van der Waals surface area (Å²) in [4.78, 5) is 11.3. The molecule has 0 fully saturated rings. The molecule has 0 saturated carbocycles. The van der Waals surface area contributed by atoms with E-state index in [-0.39, 0.29) is 11.4 Å². The first-order valence-corrected chi connectivity index (χ1v) is 5.15. The smallest absolute Gasteiger partial charge is 0.338 e. The summed E-state index contributed by atoms with van der Waals surface area (Å²) in [6.45, 7) is 1.73. The van der Waals surface area contributed by atoms with Crippen LogP contribution >= 0.6 is 15.9 Å². The zero-order valence-electron chi connectivity index (χ0n) is 7.93. The Labute approximate surface area is 90.2 Å². The molecule has 76 valence electrons. The van der Waals surface area contributed by atoms with Crippen molar-refractivity contribution in [3.05, 3.63) is 34.6 Å². The number of esters is 1. The zero-order chi connectivity index (χ0) is 10.7. The van der Waals surface area contributed by atoms with E-state index in [4.69, 9.17) is 0 Å². The van der Waals surface area contributed by atoms with Gasteiger partial charge in [-0.1, -0.05) is 15.9 Å². The monoisotopic (exact) mass is 260 g/mol. The molecule has 0 aromatic heterocycles. The van der Waals surface area contributed by atoms with Gasteiger partial charge in [0.1, 0.15) is 5.82 Å². The third-order valence-electron chi connectivity index (χ3n) is 1.88. The molecule has 0 spiro atoms. The van der Waals surface area contributed by atoms with Gasteiger partial charge in [-0.05, 0) is 24.6 Å². The number of halogens is 2. The molecule has 4 heteroatoms. The molecule has 0 atom stereocenters. The minimum Gasteiger partial charge on any atom is -0.465 e. The number of ether oxygens (including phenoxy) is 1. The lowest BCUT2D eigenvalue weighted by molar-refractivity contribution is 0.0599. The van der Waals surface area contributed by atoms with Crippen LogP contribution in [0.4, 0.5) is 4.39 Å². The predicted octanol–water partition coefficient (Wildman–Crippen LogP) is 2.82. The van der Waals surface area contributed by atoms with Crippen molar-refractivity contribution in [1.82, 2.24) is 0 Å². The van der Waals surface area contributed by atoms with Crippen LogP contribution in [0.3, 0.4) is 0 Å². The van der Waals surface area contributed by atoms with Crippen molar-refractivity contribution in [2.24, 2.45) is 0 Å². The van der Waals surface area contributed by atoms with Crippen molar-refractivity contribution in [3.63, 3.8) is 0 Å². The highest BCUT2D eigenvalue weighted by atomic mass is 79.9. The Morgan fingerprint density at radius 1 is 1.57 bits per heavy atom. The van der Waals surface area contributed by atoms with Gasteiger partial charge < -0.3 is 4.74 Å². The molecule has 0 bridgehead atoms. The second-order valence-corrected chi connectivity index (χ2v) is 3.46. The van der Waals surface area contributed by atoms with E-state index >= 15 is 0 Å². The maximum atomic E-state index is 13.4. The maximum absolute atomic E-state index is 13.4. The molecule has 1 rings (SSSR count). The number of aryl methyl sites for hydroxylation is 1. The normalized spacial score (nSPS) is 10.0. The fourth-order valence-corrected chi connectivity index (χ4v) is 1.77. The van der Waals surface area contributed by atoms with E-state index in [0.717, 1.165) is 0 Å². The highest BCUT2D eigenvalue weighted by molar-refractivity contribution is 9.08. The number of carbonyl (C=O) groups is 1. The lowest BCUT2D eigenvalue weighted by Gasteiger charge is -2.07. The van der Waals surface area contributed by atoms with Crippen molar-refractivity contribution < 1.29 is 13.9 Å². The average molecular weight is 261 g/mol. The average Bonchev–Trinajstić information content (AvgIpc) is 2.15. The molecule has 0 radical (unpaired) electrons. The molecule has 0 heterocycles. The summed E-state index contributed by atoms with van der Waals surface area (Å²) < 4.78 is 17.9. The molecule has 0 aliphatic rings. The van der Waals surface area contributed by atoms with E-state index in [9.17, 15) is 9.18 Å². The summed E-state index contributed by atoms with van der Waals surface area (Å²) in [6, 6.07) is 3.01. The molecule has 0 amide bonds. The quantitative estimate of drug-likeness (QED) is 0.604. The Morgan fingerprint density at radius 3 is 2.71 bits per heavy atom. The molecule has 1 aromatic carbocycles. The van der Waals surface area contributed by atoms with Gasteiger partial charge in [-0.15, -0.1) is 0 Å². The van der Waals surface area contributed by atoms with E-state index in [1.54, 1.807) is 13.0 Å². The molecule has 2 nitrogen and oxygen atoms in total. The predicted molar refractivity (Wildman–Crippen MR) is 55.1 cm³/mol.